The van der Waals surface area contributed by atoms with Crippen molar-refractivity contribution in [2.24, 2.45) is 5.92 Å². The van der Waals surface area contributed by atoms with Crippen molar-refractivity contribution in [3.8, 4) is 0 Å². The largest absolute Gasteiger partial charge is 0.461 e. The van der Waals surface area contributed by atoms with Crippen molar-refractivity contribution in [1.29, 1.82) is 0 Å². The molecule has 1 heterocycles. The summed E-state index contributed by atoms with van der Waals surface area (Å²) in [7, 11) is 0. The van der Waals surface area contributed by atoms with Crippen molar-refractivity contribution >= 4 is 22.4 Å². The molecule has 2 unspecified atom stereocenters. The Balaban J connectivity index is 1.90. The van der Waals surface area contributed by atoms with Crippen molar-refractivity contribution in [1.82, 2.24) is 4.98 Å². The van der Waals surface area contributed by atoms with Gasteiger partial charge in [-0.2, -0.15) is 0 Å². The molecular weight excluding hydrogens is 224 g/mol. The number of hydrogen-bond acceptors (Lipinski definition) is 5. The summed E-state index contributed by atoms with van der Waals surface area (Å²) in [5.41, 5.74) is 0.406. The molecule has 1 aliphatic carbocycles. The third-order valence-electron chi connectivity index (χ3n) is 2.74. The van der Waals surface area contributed by atoms with E-state index in [4.69, 9.17) is 4.74 Å². The Bertz CT molecular complexity index is 378. The van der Waals surface area contributed by atoms with Gasteiger partial charge >= 0.3 is 5.97 Å². The van der Waals surface area contributed by atoms with E-state index in [2.05, 4.69) is 17.2 Å². The molecule has 0 aromatic carbocycles. The molecule has 0 saturated heterocycles. The van der Waals surface area contributed by atoms with E-state index in [0.717, 1.165) is 11.0 Å². The Kier molecular flexibility index (Phi) is 3.43. The summed E-state index contributed by atoms with van der Waals surface area (Å²) in [6.07, 6.45) is 2.42. The van der Waals surface area contributed by atoms with Gasteiger partial charge in [0.15, 0.2) is 10.8 Å². The number of thiazole rings is 1. The van der Waals surface area contributed by atoms with Gasteiger partial charge in [-0.15, -0.1) is 11.3 Å². The number of ether oxygens (including phenoxy) is 1. The molecule has 1 N–H and O–H groups in total. The van der Waals surface area contributed by atoms with Crippen LogP contribution >= 0.6 is 11.3 Å². The lowest BCUT2D eigenvalue weighted by Crippen LogP contribution is -2.07. The molecule has 1 aromatic heterocycles. The number of nitrogens with one attached hydrogen (secondary N) is 1. The van der Waals surface area contributed by atoms with Gasteiger partial charge in [0, 0.05) is 11.4 Å². The first-order valence-corrected chi connectivity index (χ1v) is 6.51. The highest BCUT2D eigenvalue weighted by Gasteiger charge is 2.35. The van der Waals surface area contributed by atoms with Crippen LogP contribution in [0.4, 0.5) is 5.13 Å². The molecule has 1 aromatic rings. The summed E-state index contributed by atoms with van der Waals surface area (Å²) in [6.45, 7) is 4.37. The highest BCUT2D eigenvalue weighted by molar-refractivity contribution is 7.13. The van der Waals surface area contributed by atoms with Crippen molar-refractivity contribution in [2.75, 3.05) is 11.9 Å². The molecule has 5 heteroatoms. The van der Waals surface area contributed by atoms with Gasteiger partial charge in [0.25, 0.3) is 0 Å². The maximum Gasteiger partial charge on any atom is 0.357 e. The minimum atomic E-state index is -0.338. The van der Waals surface area contributed by atoms with Gasteiger partial charge in [-0.3, -0.25) is 0 Å². The maximum absolute atomic E-state index is 11.4. The van der Waals surface area contributed by atoms with E-state index in [9.17, 15) is 4.79 Å². The first-order valence-electron chi connectivity index (χ1n) is 5.63. The van der Waals surface area contributed by atoms with Gasteiger partial charge in [0.05, 0.1) is 6.61 Å². The minimum absolute atomic E-state index is 0.338. The number of rotatable bonds is 5. The van der Waals surface area contributed by atoms with E-state index in [-0.39, 0.29) is 5.97 Å². The zero-order valence-corrected chi connectivity index (χ0v) is 10.3. The second kappa shape index (κ2) is 4.82. The summed E-state index contributed by atoms with van der Waals surface area (Å²) in [4.78, 5) is 15.6. The van der Waals surface area contributed by atoms with Gasteiger partial charge in [-0.05, 0) is 19.3 Å². The van der Waals surface area contributed by atoms with Crippen LogP contribution in [0.3, 0.4) is 0 Å². The summed E-state index contributed by atoms with van der Waals surface area (Å²) >= 11 is 1.46. The van der Waals surface area contributed by atoms with Crippen LogP contribution in [0.15, 0.2) is 5.38 Å². The Labute approximate surface area is 99.0 Å². The quantitative estimate of drug-likeness (QED) is 0.803. The molecule has 4 nitrogen and oxygen atoms in total. The third kappa shape index (κ3) is 2.52. The number of esters is 1. The number of carbonyl (C=O) groups excluding carboxylic acids is 1. The smallest absolute Gasteiger partial charge is 0.357 e. The zero-order valence-electron chi connectivity index (χ0n) is 9.53. The second-order valence-electron chi connectivity index (χ2n) is 3.91. The zero-order chi connectivity index (χ0) is 11.5. The Morgan fingerprint density at radius 1 is 1.69 bits per heavy atom. The Morgan fingerprint density at radius 3 is 3.12 bits per heavy atom. The van der Waals surface area contributed by atoms with Crippen LogP contribution in [0.1, 0.15) is 37.2 Å². The van der Waals surface area contributed by atoms with Gasteiger partial charge in [0.1, 0.15) is 0 Å². The lowest BCUT2D eigenvalue weighted by atomic mass is 10.3. The highest BCUT2D eigenvalue weighted by Crippen LogP contribution is 2.36. The molecule has 1 aliphatic rings. The van der Waals surface area contributed by atoms with Crippen LogP contribution in [0, 0.1) is 5.92 Å². The molecular formula is C11H16N2O2S. The third-order valence-corrected chi connectivity index (χ3v) is 3.52. The fourth-order valence-electron chi connectivity index (χ4n) is 1.67. The standard InChI is InChI=1S/C11H16N2O2S/c1-3-7-5-8(7)12-11-13-9(6-16-11)10(14)15-4-2/h6-8H,3-5H2,1-2H3,(H,12,13). The van der Waals surface area contributed by atoms with E-state index in [1.54, 1.807) is 12.3 Å². The molecule has 1 saturated carbocycles. The van der Waals surface area contributed by atoms with Crippen LogP contribution in [-0.4, -0.2) is 23.6 Å². The maximum atomic E-state index is 11.4. The number of nitrogens with zero attached hydrogens (tertiary/aromatic N) is 1. The minimum Gasteiger partial charge on any atom is -0.461 e. The molecule has 16 heavy (non-hydrogen) atoms. The highest BCUT2D eigenvalue weighted by atomic mass is 32.1. The number of aromatic nitrogens is 1. The molecule has 2 rings (SSSR count). The fraction of sp³-hybridized carbons (Fsp3) is 0.636. The van der Waals surface area contributed by atoms with Gasteiger partial charge in [-0.25, -0.2) is 9.78 Å². The van der Waals surface area contributed by atoms with Gasteiger partial charge < -0.3 is 10.1 Å². The summed E-state index contributed by atoms with van der Waals surface area (Å²) in [6, 6.07) is 0.547. The van der Waals surface area contributed by atoms with Gasteiger partial charge in [0.2, 0.25) is 0 Å². The topological polar surface area (TPSA) is 51.2 Å². The van der Waals surface area contributed by atoms with Crippen LogP contribution in [0.2, 0.25) is 0 Å². The van der Waals surface area contributed by atoms with Crippen LogP contribution < -0.4 is 5.32 Å². The number of hydrogen-bond donors (Lipinski definition) is 1. The predicted octanol–water partition coefficient (Wildman–Crippen LogP) is 2.53. The van der Waals surface area contributed by atoms with Crippen molar-refractivity contribution in [3.63, 3.8) is 0 Å². The normalized spacial score (nSPS) is 22.9. The Hall–Kier alpha value is -1.10. The summed E-state index contributed by atoms with van der Waals surface area (Å²) in [5.74, 6) is 0.435. The molecule has 2 atom stereocenters. The van der Waals surface area contributed by atoms with Gasteiger partial charge in [-0.1, -0.05) is 13.3 Å². The fourth-order valence-corrected chi connectivity index (χ4v) is 2.42. The molecule has 0 bridgehead atoms. The second-order valence-corrected chi connectivity index (χ2v) is 4.77. The van der Waals surface area contributed by atoms with E-state index in [0.29, 0.717) is 18.3 Å². The van der Waals surface area contributed by atoms with Crippen molar-refractivity contribution < 1.29 is 9.53 Å². The average Bonchev–Trinajstić information content (AvgIpc) is 2.84. The molecule has 0 aliphatic heterocycles. The van der Waals surface area contributed by atoms with Crippen LogP contribution in [0.25, 0.3) is 0 Å². The van der Waals surface area contributed by atoms with Crippen LogP contribution in [-0.2, 0) is 4.74 Å². The first kappa shape index (κ1) is 11.4. The summed E-state index contributed by atoms with van der Waals surface area (Å²) < 4.78 is 4.88. The van der Waals surface area contributed by atoms with Crippen molar-refractivity contribution in [3.05, 3.63) is 11.1 Å². The average molecular weight is 240 g/mol. The molecule has 88 valence electrons. The SMILES string of the molecule is CCOC(=O)c1csc(NC2CC2CC)n1. The van der Waals surface area contributed by atoms with E-state index >= 15 is 0 Å². The molecule has 1 fully saturated rings. The lowest BCUT2D eigenvalue weighted by molar-refractivity contribution is 0.0520. The van der Waals surface area contributed by atoms with E-state index in [1.807, 2.05) is 0 Å². The molecule has 0 spiro atoms. The van der Waals surface area contributed by atoms with E-state index < -0.39 is 0 Å². The monoisotopic (exact) mass is 240 g/mol. The summed E-state index contributed by atoms with van der Waals surface area (Å²) in [5, 5.41) is 5.90. The predicted molar refractivity (Wildman–Crippen MR) is 63.9 cm³/mol. The number of anilines is 1. The molecule has 0 amide bonds. The van der Waals surface area contributed by atoms with E-state index in [1.165, 1.54) is 24.2 Å². The van der Waals surface area contributed by atoms with Crippen molar-refractivity contribution in [2.45, 2.75) is 32.7 Å². The lowest BCUT2D eigenvalue weighted by Gasteiger charge is -1.99. The number of carbonyl (C=O) groups is 1. The van der Waals surface area contributed by atoms with Crippen LogP contribution in [0.5, 0.6) is 0 Å². The Morgan fingerprint density at radius 2 is 2.50 bits per heavy atom. The first-order chi connectivity index (χ1) is 7.74. The molecule has 0 radical (unpaired) electrons.